The molecule has 146 valence electrons. The Morgan fingerprint density at radius 1 is 1.10 bits per heavy atom. The van der Waals surface area contributed by atoms with Gasteiger partial charge in [0.1, 0.15) is 17.1 Å². The molecule has 6 nitrogen and oxygen atoms in total. The molecule has 0 bridgehead atoms. The van der Waals surface area contributed by atoms with Gasteiger partial charge >= 0.3 is 5.63 Å². The van der Waals surface area contributed by atoms with Crippen molar-refractivity contribution in [1.29, 1.82) is 0 Å². The van der Waals surface area contributed by atoms with Crippen LogP contribution >= 0.6 is 0 Å². The molecular weight excluding hydrogens is 368 g/mol. The van der Waals surface area contributed by atoms with Gasteiger partial charge in [0.25, 0.3) is 5.91 Å². The molecule has 0 saturated carbocycles. The Kier molecular flexibility index (Phi) is 4.91. The van der Waals surface area contributed by atoms with Crippen LogP contribution in [0, 0.1) is 6.92 Å². The number of aromatic hydroxyl groups is 1. The van der Waals surface area contributed by atoms with E-state index in [1.54, 1.807) is 25.1 Å². The Bertz CT molecular complexity index is 1240. The number of amides is 1. The van der Waals surface area contributed by atoms with Crippen molar-refractivity contribution in [1.82, 2.24) is 4.98 Å². The molecule has 3 N–H and O–H groups in total. The number of carbonyl (C=O) groups is 1. The maximum Gasteiger partial charge on any atom is 0.349 e. The third-order valence-corrected chi connectivity index (χ3v) is 4.87. The van der Waals surface area contributed by atoms with E-state index in [1.807, 2.05) is 24.4 Å². The third-order valence-electron chi connectivity index (χ3n) is 4.87. The summed E-state index contributed by atoms with van der Waals surface area (Å²) >= 11 is 0. The fourth-order valence-corrected chi connectivity index (χ4v) is 3.40. The van der Waals surface area contributed by atoms with E-state index in [0.717, 1.165) is 16.5 Å². The van der Waals surface area contributed by atoms with Gasteiger partial charge in [0.2, 0.25) is 0 Å². The Hall–Kier alpha value is -3.80. The van der Waals surface area contributed by atoms with E-state index >= 15 is 0 Å². The molecule has 0 atom stereocenters. The van der Waals surface area contributed by atoms with Gasteiger partial charge in [-0.1, -0.05) is 18.2 Å². The fraction of sp³-hybridized carbons (Fsp3) is 0.130. The maximum atomic E-state index is 12.5. The molecule has 0 aliphatic rings. The number of fused-ring (bicyclic) bond motifs is 1. The molecular formula is C23H20N2O4. The molecule has 2 aromatic heterocycles. The molecule has 0 unspecified atom stereocenters. The van der Waals surface area contributed by atoms with E-state index in [1.165, 1.54) is 12.1 Å². The zero-order valence-corrected chi connectivity index (χ0v) is 15.9. The van der Waals surface area contributed by atoms with E-state index in [-0.39, 0.29) is 11.3 Å². The van der Waals surface area contributed by atoms with Gasteiger partial charge in [0.05, 0.1) is 0 Å². The molecule has 1 amide bonds. The van der Waals surface area contributed by atoms with Gasteiger partial charge < -0.3 is 19.8 Å². The van der Waals surface area contributed by atoms with Gasteiger partial charge in [-0.2, -0.15) is 0 Å². The number of H-pyrrole nitrogens is 1. The van der Waals surface area contributed by atoms with Crippen LogP contribution in [-0.2, 0) is 12.8 Å². The van der Waals surface area contributed by atoms with Crippen LogP contribution in [0.25, 0.3) is 10.9 Å². The number of aromatic nitrogens is 1. The minimum atomic E-state index is -0.657. The Labute approximate surface area is 166 Å². The highest BCUT2D eigenvalue weighted by molar-refractivity contribution is 6.04. The summed E-state index contributed by atoms with van der Waals surface area (Å²) < 4.78 is 5.41. The van der Waals surface area contributed by atoms with Crippen molar-refractivity contribution in [2.24, 2.45) is 0 Å². The van der Waals surface area contributed by atoms with Crippen molar-refractivity contribution in [3.05, 3.63) is 93.7 Å². The SMILES string of the molecule is Cc1cc(CCc2c[nH]c3ccccc23)oc(=O)c1C(=O)Nc1ccc(O)cc1. The van der Waals surface area contributed by atoms with Gasteiger partial charge in [-0.3, -0.25) is 4.79 Å². The van der Waals surface area contributed by atoms with Crippen LogP contribution in [0.15, 0.2) is 70.0 Å². The van der Waals surface area contributed by atoms with E-state index in [0.29, 0.717) is 29.9 Å². The van der Waals surface area contributed by atoms with Crippen molar-refractivity contribution in [2.75, 3.05) is 5.32 Å². The quantitative estimate of drug-likeness (QED) is 0.447. The van der Waals surface area contributed by atoms with Crippen LogP contribution in [-0.4, -0.2) is 16.0 Å². The number of nitrogens with one attached hydrogen (secondary N) is 2. The summed E-state index contributed by atoms with van der Waals surface area (Å²) in [7, 11) is 0. The van der Waals surface area contributed by atoms with E-state index in [4.69, 9.17) is 4.42 Å². The second kappa shape index (κ2) is 7.67. The molecule has 0 fully saturated rings. The van der Waals surface area contributed by atoms with Gasteiger partial charge in [0.15, 0.2) is 0 Å². The molecule has 0 aliphatic carbocycles. The number of aryl methyl sites for hydroxylation is 3. The lowest BCUT2D eigenvalue weighted by Crippen LogP contribution is -2.23. The normalized spacial score (nSPS) is 10.9. The molecule has 0 saturated heterocycles. The fourth-order valence-electron chi connectivity index (χ4n) is 3.40. The van der Waals surface area contributed by atoms with Crippen LogP contribution in [0.1, 0.15) is 27.2 Å². The van der Waals surface area contributed by atoms with Crippen molar-refractivity contribution in [3.63, 3.8) is 0 Å². The van der Waals surface area contributed by atoms with E-state index < -0.39 is 11.5 Å². The molecule has 0 spiro atoms. The summed E-state index contributed by atoms with van der Waals surface area (Å²) in [6, 6.07) is 15.8. The molecule has 0 aliphatic heterocycles. The summed E-state index contributed by atoms with van der Waals surface area (Å²) in [5, 5.41) is 13.1. The highest BCUT2D eigenvalue weighted by Crippen LogP contribution is 2.20. The molecule has 2 aromatic carbocycles. The average molecular weight is 388 g/mol. The summed E-state index contributed by atoms with van der Waals surface area (Å²) in [5.74, 6) is 0.0994. The first kappa shape index (κ1) is 18.6. The highest BCUT2D eigenvalue weighted by atomic mass is 16.4. The first-order valence-corrected chi connectivity index (χ1v) is 9.30. The van der Waals surface area contributed by atoms with Crippen molar-refractivity contribution in [2.45, 2.75) is 19.8 Å². The predicted octanol–water partition coefficient (Wildman–Crippen LogP) is 4.17. The number of phenols is 1. The maximum absolute atomic E-state index is 12.5. The summed E-state index contributed by atoms with van der Waals surface area (Å²) in [4.78, 5) is 28.2. The Morgan fingerprint density at radius 3 is 2.62 bits per heavy atom. The zero-order chi connectivity index (χ0) is 20.4. The van der Waals surface area contributed by atoms with Crippen molar-refractivity contribution in [3.8, 4) is 5.75 Å². The predicted molar refractivity (Wildman–Crippen MR) is 111 cm³/mol. The standard InChI is InChI=1S/C23H20N2O4/c1-14-12-18(11-6-15-13-24-20-5-3-2-4-19(15)20)29-23(28)21(14)22(27)25-16-7-9-17(26)10-8-16/h2-5,7-10,12-13,24,26H,6,11H2,1H3,(H,25,27). The molecule has 4 aromatic rings. The number of anilines is 1. The first-order chi connectivity index (χ1) is 14.0. The van der Waals surface area contributed by atoms with Crippen molar-refractivity contribution < 1.29 is 14.3 Å². The summed E-state index contributed by atoms with van der Waals surface area (Å²) in [5.41, 5.74) is 2.59. The van der Waals surface area contributed by atoms with Crippen LogP contribution in [0.5, 0.6) is 5.75 Å². The average Bonchev–Trinajstić information content (AvgIpc) is 3.11. The van der Waals surface area contributed by atoms with Gasteiger partial charge in [-0.05, 0) is 60.9 Å². The number of hydrogen-bond acceptors (Lipinski definition) is 4. The number of phenolic OH excluding ortho intramolecular Hbond substituents is 1. The smallest absolute Gasteiger partial charge is 0.349 e. The van der Waals surface area contributed by atoms with E-state index in [9.17, 15) is 14.7 Å². The van der Waals surface area contributed by atoms with Crippen LogP contribution in [0.2, 0.25) is 0 Å². The Morgan fingerprint density at radius 2 is 1.86 bits per heavy atom. The minimum absolute atomic E-state index is 0.0195. The number of rotatable bonds is 5. The third kappa shape index (κ3) is 3.91. The number of para-hydroxylation sites is 1. The van der Waals surface area contributed by atoms with Gasteiger partial charge in [-0.25, -0.2) is 4.79 Å². The second-order valence-electron chi connectivity index (χ2n) is 6.92. The van der Waals surface area contributed by atoms with Crippen LogP contribution in [0.3, 0.4) is 0 Å². The lowest BCUT2D eigenvalue weighted by Gasteiger charge is -2.08. The van der Waals surface area contributed by atoms with Crippen molar-refractivity contribution >= 4 is 22.5 Å². The van der Waals surface area contributed by atoms with Crippen LogP contribution in [0.4, 0.5) is 5.69 Å². The largest absolute Gasteiger partial charge is 0.508 e. The summed E-state index contributed by atoms with van der Waals surface area (Å²) in [6.07, 6.45) is 3.23. The van der Waals surface area contributed by atoms with Gasteiger partial charge in [0, 0.05) is 29.2 Å². The lowest BCUT2D eigenvalue weighted by atomic mass is 10.1. The number of hydrogen-bond donors (Lipinski definition) is 3. The topological polar surface area (TPSA) is 95.3 Å². The molecule has 2 heterocycles. The molecule has 0 radical (unpaired) electrons. The Balaban J connectivity index is 1.51. The molecule has 4 rings (SSSR count). The van der Waals surface area contributed by atoms with Gasteiger partial charge in [-0.15, -0.1) is 0 Å². The second-order valence-corrected chi connectivity index (χ2v) is 6.92. The lowest BCUT2D eigenvalue weighted by molar-refractivity contribution is 0.102. The molecule has 29 heavy (non-hydrogen) atoms. The summed E-state index contributed by atoms with van der Waals surface area (Å²) in [6.45, 7) is 1.72. The first-order valence-electron chi connectivity index (χ1n) is 9.30. The van der Waals surface area contributed by atoms with Crippen LogP contribution < -0.4 is 10.9 Å². The number of aromatic amines is 1. The molecule has 6 heteroatoms. The monoisotopic (exact) mass is 388 g/mol. The highest BCUT2D eigenvalue weighted by Gasteiger charge is 2.17. The van der Waals surface area contributed by atoms with E-state index in [2.05, 4.69) is 16.4 Å². The zero-order valence-electron chi connectivity index (χ0n) is 15.9. The minimum Gasteiger partial charge on any atom is -0.508 e. The number of benzene rings is 2. The number of carbonyl (C=O) groups excluding carboxylic acids is 1.